The molecule has 2 unspecified atom stereocenters. The van der Waals surface area contributed by atoms with Crippen LogP contribution in [0, 0.1) is 41.5 Å². The molecule has 166 valence electrons. The smallest absolute Gasteiger partial charge is 0.00325 e. The molecule has 5 rings (SSSR count). The summed E-state index contributed by atoms with van der Waals surface area (Å²) in [5.74, 6) is 0.906. The SMILES string of the molecule is CC1=C(C)C(C)c2c3c4c(c(C)c(C)c(C)c4c4c(C)c(C)c(C)c1c24)C(C)=C(C)C3C. The van der Waals surface area contributed by atoms with E-state index in [1.807, 2.05) is 0 Å². The minimum atomic E-state index is 0.453. The van der Waals surface area contributed by atoms with Crippen molar-refractivity contribution in [2.24, 2.45) is 0 Å². The lowest BCUT2D eigenvalue weighted by Gasteiger charge is -2.38. The Bertz CT molecular complexity index is 1350. The standard InChI is InChI=1S/C32H38/c1-13-17(5)25-18(6)14(2)23(11)29-30-24(12)16(4)20(8)26-19(7)15(3)22(10)28(32(26)30)27(21(13)9)31(25)29/h21-22H,1-12H3. The van der Waals surface area contributed by atoms with E-state index in [0.717, 1.165) is 0 Å². The first-order valence-electron chi connectivity index (χ1n) is 12.3. The van der Waals surface area contributed by atoms with Crippen LogP contribution in [0.5, 0.6) is 0 Å². The summed E-state index contributed by atoms with van der Waals surface area (Å²) in [4.78, 5) is 0. The van der Waals surface area contributed by atoms with Gasteiger partial charge in [0, 0.05) is 11.8 Å². The molecule has 2 aliphatic rings. The highest BCUT2D eigenvalue weighted by Crippen LogP contribution is 2.56. The lowest BCUT2D eigenvalue weighted by atomic mass is 9.66. The van der Waals surface area contributed by atoms with Gasteiger partial charge in [0.1, 0.15) is 0 Å². The molecule has 0 aliphatic heterocycles. The first-order chi connectivity index (χ1) is 14.9. The van der Waals surface area contributed by atoms with Crippen LogP contribution in [0.15, 0.2) is 11.1 Å². The van der Waals surface area contributed by atoms with Gasteiger partial charge in [-0.2, -0.15) is 0 Å². The van der Waals surface area contributed by atoms with Crippen molar-refractivity contribution in [3.63, 3.8) is 0 Å². The number of hydrogen-bond donors (Lipinski definition) is 0. The summed E-state index contributed by atoms with van der Waals surface area (Å²) in [6.07, 6.45) is 0. The highest BCUT2D eigenvalue weighted by atomic mass is 14.4. The number of allylic oxidation sites excluding steroid dienone is 4. The van der Waals surface area contributed by atoms with Crippen LogP contribution in [0.3, 0.4) is 0 Å². The quantitative estimate of drug-likeness (QED) is 0.316. The van der Waals surface area contributed by atoms with Gasteiger partial charge >= 0.3 is 0 Å². The zero-order chi connectivity index (χ0) is 23.5. The fraction of sp³-hybridized carbons (Fsp3) is 0.438. The molecule has 2 atom stereocenters. The third-order valence-corrected chi connectivity index (χ3v) is 9.93. The van der Waals surface area contributed by atoms with E-state index in [-0.39, 0.29) is 0 Å². The van der Waals surface area contributed by atoms with E-state index >= 15 is 0 Å². The molecule has 0 saturated heterocycles. The normalized spacial score (nSPS) is 20.2. The number of hydrogen-bond acceptors (Lipinski definition) is 0. The summed E-state index contributed by atoms with van der Waals surface area (Å²) < 4.78 is 0. The van der Waals surface area contributed by atoms with Crippen LogP contribution >= 0.6 is 0 Å². The van der Waals surface area contributed by atoms with Gasteiger partial charge < -0.3 is 0 Å². The minimum Gasteiger partial charge on any atom is -0.0625 e. The Balaban J connectivity index is 2.28. The summed E-state index contributed by atoms with van der Waals surface area (Å²) in [5.41, 5.74) is 21.1. The molecular weight excluding hydrogens is 384 g/mol. The van der Waals surface area contributed by atoms with Crippen molar-refractivity contribution in [3.8, 4) is 0 Å². The number of benzene rings is 3. The average molecular weight is 423 g/mol. The van der Waals surface area contributed by atoms with Crippen molar-refractivity contribution in [2.75, 3.05) is 0 Å². The van der Waals surface area contributed by atoms with Gasteiger partial charge in [-0.25, -0.2) is 0 Å². The van der Waals surface area contributed by atoms with Crippen LogP contribution in [-0.2, 0) is 0 Å². The van der Waals surface area contributed by atoms with Crippen LogP contribution in [0.4, 0.5) is 0 Å². The second-order valence-electron chi connectivity index (χ2n) is 10.9. The molecule has 0 nitrogen and oxygen atoms in total. The monoisotopic (exact) mass is 422 g/mol. The molecular formula is C32H38. The van der Waals surface area contributed by atoms with Crippen molar-refractivity contribution in [3.05, 3.63) is 66.8 Å². The molecule has 0 heteroatoms. The Kier molecular flexibility index (Phi) is 4.43. The van der Waals surface area contributed by atoms with Gasteiger partial charge in [-0.15, -0.1) is 0 Å². The topological polar surface area (TPSA) is 0 Å². The molecule has 0 fully saturated rings. The first-order valence-corrected chi connectivity index (χ1v) is 12.3. The number of aryl methyl sites for hydroxylation is 2. The lowest BCUT2D eigenvalue weighted by molar-refractivity contribution is 0.826. The van der Waals surface area contributed by atoms with E-state index in [4.69, 9.17) is 0 Å². The van der Waals surface area contributed by atoms with Crippen molar-refractivity contribution in [1.29, 1.82) is 0 Å². The largest absolute Gasteiger partial charge is 0.0625 e. The maximum absolute atomic E-state index is 2.45. The molecule has 0 spiro atoms. The molecule has 0 amide bonds. The molecule has 2 aliphatic carbocycles. The highest BCUT2D eigenvalue weighted by Gasteiger charge is 2.35. The van der Waals surface area contributed by atoms with E-state index in [2.05, 4.69) is 83.1 Å². The van der Waals surface area contributed by atoms with Gasteiger partial charge in [-0.05, 0) is 158 Å². The molecule has 0 heterocycles. The zero-order valence-corrected chi connectivity index (χ0v) is 22.2. The third kappa shape index (κ3) is 2.24. The Morgan fingerprint density at radius 2 is 0.688 bits per heavy atom. The van der Waals surface area contributed by atoms with E-state index < -0.39 is 0 Å². The fourth-order valence-electron chi connectivity index (χ4n) is 7.06. The number of rotatable bonds is 0. The van der Waals surface area contributed by atoms with Gasteiger partial charge in [-0.1, -0.05) is 25.0 Å². The molecule has 3 aromatic carbocycles. The van der Waals surface area contributed by atoms with Crippen LogP contribution in [-0.4, -0.2) is 0 Å². The predicted molar refractivity (Wildman–Crippen MR) is 143 cm³/mol. The maximum atomic E-state index is 2.45. The second-order valence-corrected chi connectivity index (χ2v) is 10.9. The van der Waals surface area contributed by atoms with Crippen LogP contribution in [0.1, 0.15) is 109 Å². The van der Waals surface area contributed by atoms with Gasteiger partial charge in [0.25, 0.3) is 0 Å². The predicted octanol–water partition coefficient (Wildman–Crippen LogP) is 9.66. The van der Waals surface area contributed by atoms with Crippen LogP contribution < -0.4 is 0 Å². The van der Waals surface area contributed by atoms with Crippen molar-refractivity contribution >= 4 is 32.7 Å². The van der Waals surface area contributed by atoms with E-state index in [1.165, 1.54) is 66.4 Å². The minimum absolute atomic E-state index is 0.453. The molecule has 3 aromatic rings. The Morgan fingerprint density at radius 3 is 1.00 bits per heavy atom. The Labute approximate surface area is 194 Å². The van der Waals surface area contributed by atoms with Crippen molar-refractivity contribution in [2.45, 2.75) is 94.9 Å². The fourth-order valence-corrected chi connectivity index (χ4v) is 7.06. The van der Waals surface area contributed by atoms with Gasteiger partial charge in [0.2, 0.25) is 0 Å². The van der Waals surface area contributed by atoms with Crippen LogP contribution in [0.25, 0.3) is 32.7 Å². The summed E-state index contributed by atoms with van der Waals surface area (Å²) in [5, 5.41) is 6.16. The van der Waals surface area contributed by atoms with Gasteiger partial charge in [0.15, 0.2) is 0 Å². The summed E-state index contributed by atoms with van der Waals surface area (Å²) in [6, 6.07) is 0. The molecule has 0 radical (unpaired) electrons. The second kappa shape index (κ2) is 6.60. The molecule has 0 N–H and O–H groups in total. The van der Waals surface area contributed by atoms with Crippen molar-refractivity contribution < 1.29 is 0 Å². The molecule has 32 heavy (non-hydrogen) atoms. The summed E-state index contributed by atoms with van der Waals surface area (Å²) in [7, 11) is 0. The lowest BCUT2D eigenvalue weighted by Crippen LogP contribution is -2.18. The Hall–Kier alpha value is -2.34. The van der Waals surface area contributed by atoms with E-state index in [1.54, 1.807) is 33.0 Å². The number of fused-ring (bicyclic) bond motifs is 2. The summed E-state index contributed by atoms with van der Waals surface area (Å²) >= 11 is 0. The highest BCUT2D eigenvalue weighted by molar-refractivity contribution is 6.21. The van der Waals surface area contributed by atoms with E-state index in [9.17, 15) is 0 Å². The zero-order valence-electron chi connectivity index (χ0n) is 22.2. The van der Waals surface area contributed by atoms with Gasteiger partial charge in [-0.3, -0.25) is 0 Å². The van der Waals surface area contributed by atoms with E-state index in [0.29, 0.717) is 11.8 Å². The third-order valence-electron chi connectivity index (χ3n) is 9.93. The summed E-state index contributed by atoms with van der Waals surface area (Å²) in [6.45, 7) is 28.5. The van der Waals surface area contributed by atoms with Crippen molar-refractivity contribution in [1.82, 2.24) is 0 Å². The maximum Gasteiger partial charge on any atom is 0.00325 e. The molecule has 0 bridgehead atoms. The molecule has 0 aromatic heterocycles. The van der Waals surface area contributed by atoms with Gasteiger partial charge in [0.05, 0.1) is 0 Å². The first kappa shape index (κ1) is 21.5. The molecule has 0 saturated carbocycles. The van der Waals surface area contributed by atoms with Crippen LogP contribution in [0.2, 0.25) is 0 Å². The average Bonchev–Trinajstić information content (AvgIpc) is 2.76. The Morgan fingerprint density at radius 1 is 0.375 bits per heavy atom.